The molecule has 1 aromatic heterocycles. The molecule has 2 atom stereocenters. The Labute approximate surface area is 118 Å². The van der Waals surface area contributed by atoms with E-state index < -0.39 is 5.97 Å². The van der Waals surface area contributed by atoms with Gasteiger partial charge in [-0.05, 0) is 38.3 Å². The average molecular weight is 276 g/mol. The van der Waals surface area contributed by atoms with Crippen molar-refractivity contribution in [3.05, 3.63) is 30.1 Å². The molecule has 108 valence electrons. The lowest BCUT2D eigenvalue weighted by molar-refractivity contribution is -0.147. The van der Waals surface area contributed by atoms with Crippen molar-refractivity contribution in [3.8, 4) is 0 Å². The van der Waals surface area contributed by atoms with Gasteiger partial charge in [0.05, 0.1) is 5.92 Å². The first-order chi connectivity index (χ1) is 9.58. The zero-order valence-corrected chi connectivity index (χ0v) is 11.7. The maximum absolute atomic E-state index is 12.2. The van der Waals surface area contributed by atoms with E-state index in [0.717, 1.165) is 5.69 Å². The highest BCUT2D eigenvalue weighted by molar-refractivity contribution is 5.77. The highest BCUT2D eigenvalue weighted by atomic mass is 16.4. The molecule has 1 saturated heterocycles. The summed E-state index contributed by atoms with van der Waals surface area (Å²) in [4.78, 5) is 29.2. The van der Waals surface area contributed by atoms with E-state index in [1.165, 1.54) is 0 Å². The molecule has 1 aliphatic heterocycles. The fraction of sp³-hybridized carbons (Fsp3) is 0.533. The summed E-state index contributed by atoms with van der Waals surface area (Å²) in [5, 5.41) is 9.02. The number of carboxylic acid groups (broad SMARTS) is 1. The van der Waals surface area contributed by atoms with Crippen molar-refractivity contribution in [2.45, 2.75) is 38.6 Å². The zero-order valence-electron chi connectivity index (χ0n) is 11.7. The minimum absolute atomic E-state index is 0.00100. The van der Waals surface area contributed by atoms with E-state index in [2.05, 4.69) is 4.98 Å². The maximum Gasteiger partial charge on any atom is 0.306 e. The van der Waals surface area contributed by atoms with E-state index in [-0.39, 0.29) is 17.9 Å². The molecule has 2 heterocycles. The number of carbonyl (C=O) groups is 2. The monoisotopic (exact) mass is 276 g/mol. The summed E-state index contributed by atoms with van der Waals surface area (Å²) in [5.74, 6) is -0.978. The van der Waals surface area contributed by atoms with Crippen LogP contribution in [-0.2, 0) is 16.0 Å². The van der Waals surface area contributed by atoms with Gasteiger partial charge in [-0.2, -0.15) is 0 Å². The third-order valence-corrected chi connectivity index (χ3v) is 3.87. The fourth-order valence-corrected chi connectivity index (χ4v) is 2.69. The normalized spacial score (nSPS) is 22.6. The van der Waals surface area contributed by atoms with Crippen molar-refractivity contribution in [3.63, 3.8) is 0 Å². The predicted molar refractivity (Wildman–Crippen MR) is 74.1 cm³/mol. The minimum atomic E-state index is -0.752. The number of carbonyl (C=O) groups excluding carboxylic acids is 1. The predicted octanol–water partition coefficient (Wildman–Crippen LogP) is 1.73. The first-order valence-electron chi connectivity index (χ1n) is 7.00. The fourth-order valence-electron chi connectivity index (χ4n) is 2.69. The lowest BCUT2D eigenvalue weighted by atomic mass is 9.91. The second kappa shape index (κ2) is 6.50. The van der Waals surface area contributed by atoms with Crippen LogP contribution in [0.15, 0.2) is 24.4 Å². The number of aryl methyl sites for hydroxylation is 1. The van der Waals surface area contributed by atoms with E-state index in [1.807, 2.05) is 30.0 Å². The van der Waals surface area contributed by atoms with Crippen LogP contribution in [0.1, 0.15) is 31.9 Å². The first-order valence-corrected chi connectivity index (χ1v) is 7.00. The molecule has 0 saturated carbocycles. The number of hydrogen-bond acceptors (Lipinski definition) is 3. The van der Waals surface area contributed by atoms with Gasteiger partial charge in [0.25, 0.3) is 0 Å². The van der Waals surface area contributed by atoms with Gasteiger partial charge < -0.3 is 10.0 Å². The Balaban J connectivity index is 1.85. The van der Waals surface area contributed by atoms with E-state index >= 15 is 0 Å². The molecule has 0 radical (unpaired) electrons. The van der Waals surface area contributed by atoms with Gasteiger partial charge in [-0.1, -0.05) is 6.07 Å². The molecule has 1 aliphatic rings. The summed E-state index contributed by atoms with van der Waals surface area (Å²) in [6.45, 7) is 2.47. The van der Waals surface area contributed by atoms with Crippen LogP contribution >= 0.6 is 0 Å². The van der Waals surface area contributed by atoms with Crippen LogP contribution in [-0.4, -0.2) is 39.5 Å². The van der Waals surface area contributed by atoms with Gasteiger partial charge in [0.1, 0.15) is 0 Å². The molecule has 0 spiro atoms. The van der Waals surface area contributed by atoms with Crippen LogP contribution in [0.2, 0.25) is 0 Å². The number of carboxylic acids is 1. The van der Waals surface area contributed by atoms with E-state index in [0.29, 0.717) is 32.2 Å². The van der Waals surface area contributed by atoms with Gasteiger partial charge in [-0.3, -0.25) is 14.6 Å². The van der Waals surface area contributed by atoms with Gasteiger partial charge in [0.2, 0.25) is 5.91 Å². The number of nitrogens with zero attached hydrogens (tertiary/aromatic N) is 2. The van der Waals surface area contributed by atoms with Crippen molar-refractivity contribution in [2.75, 3.05) is 6.54 Å². The quantitative estimate of drug-likeness (QED) is 0.909. The van der Waals surface area contributed by atoms with Crippen LogP contribution in [0.3, 0.4) is 0 Å². The highest BCUT2D eigenvalue weighted by Gasteiger charge is 2.31. The second-order valence-corrected chi connectivity index (χ2v) is 5.32. The van der Waals surface area contributed by atoms with Crippen LogP contribution in [0.5, 0.6) is 0 Å². The number of pyridine rings is 1. The summed E-state index contributed by atoms with van der Waals surface area (Å²) >= 11 is 0. The molecule has 0 aromatic carbocycles. The molecule has 5 heteroatoms. The van der Waals surface area contributed by atoms with Crippen LogP contribution < -0.4 is 0 Å². The number of piperidine rings is 1. The molecule has 5 nitrogen and oxygen atoms in total. The number of aliphatic carboxylic acids is 1. The number of rotatable bonds is 4. The molecule has 1 aromatic rings. The smallest absolute Gasteiger partial charge is 0.306 e. The standard InChI is InChI=1S/C15H20N2O3/c1-11-10-12(15(19)20)7-9-17(11)14(18)6-5-13-4-2-3-8-16-13/h2-4,8,11-12H,5-7,9-10H2,1H3,(H,19,20). The maximum atomic E-state index is 12.2. The highest BCUT2D eigenvalue weighted by Crippen LogP contribution is 2.23. The number of amides is 1. The molecule has 2 rings (SSSR count). The Hall–Kier alpha value is -1.91. The SMILES string of the molecule is CC1CC(C(=O)O)CCN1C(=O)CCc1ccccn1. The van der Waals surface area contributed by atoms with Crippen LogP contribution in [0, 0.1) is 5.92 Å². The van der Waals surface area contributed by atoms with Gasteiger partial charge in [0, 0.05) is 30.9 Å². The molecule has 1 N–H and O–H groups in total. The van der Waals surface area contributed by atoms with Crippen molar-refractivity contribution >= 4 is 11.9 Å². The zero-order chi connectivity index (χ0) is 14.5. The number of hydrogen-bond donors (Lipinski definition) is 1. The van der Waals surface area contributed by atoms with Gasteiger partial charge in [-0.25, -0.2) is 0 Å². The molecular formula is C15H20N2O3. The number of aromatic nitrogens is 1. The van der Waals surface area contributed by atoms with Gasteiger partial charge in [0.15, 0.2) is 0 Å². The summed E-state index contributed by atoms with van der Waals surface area (Å²) in [6, 6.07) is 5.67. The molecular weight excluding hydrogens is 256 g/mol. The van der Waals surface area contributed by atoms with Gasteiger partial charge in [-0.15, -0.1) is 0 Å². The Morgan fingerprint density at radius 2 is 2.25 bits per heavy atom. The summed E-state index contributed by atoms with van der Waals surface area (Å²) in [6.07, 6.45) is 3.88. The van der Waals surface area contributed by atoms with E-state index in [9.17, 15) is 9.59 Å². The lowest BCUT2D eigenvalue weighted by Gasteiger charge is -2.36. The van der Waals surface area contributed by atoms with Crippen molar-refractivity contribution in [1.82, 2.24) is 9.88 Å². The third-order valence-electron chi connectivity index (χ3n) is 3.87. The van der Waals surface area contributed by atoms with E-state index in [1.54, 1.807) is 6.20 Å². The van der Waals surface area contributed by atoms with Crippen molar-refractivity contribution in [1.29, 1.82) is 0 Å². The Bertz CT molecular complexity index is 475. The Morgan fingerprint density at radius 1 is 1.45 bits per heavy atom. The number of likely N-dealkylation sites (tertiary alicyclic amines) is 1. The largest absolute Gasteiger partial charge is 0.481 e. The van der Waals surface area contributed by atoms with E-state index in [4.69, 9.17) is 5.11 Å². The Kier molecular flexibility index (Phi) is 4.71. The molecule has 0 bridgehead atoms. The lowest BCUT2D eigenvalue weighted by Crippen LogP contribution is -2.46. The minimum Gasteiger partial charge on any atom is -0.481 e. The molecule has 1 fully saturated rings. The summed E-state index contributed by atoms with van der Waals surface area (Å²) in [7, 11) is 0. The summed E-state index contributed by atoms with van der Waals surface area (Å²) < 4.78 is 0. The average Bonchev–Trinajstić information content (AvgIpc) is 2.45. The summed E-state index contributed by atoms with van der Waals surface area (Å²) in [5.41, 5.74) is 0.911. The Morgan fingerprint density at radius 3 is 2.85 bits per heavy atom. The molecule has 1 amide bonds. The van der Waals surface area contributed by atoms with Crippen LogP contribution in [0.4, 0.5) is 0 Å². The van der Waals surface area contributed by atoms with Gasteiger partial charge >= 0.3 is 5.97 Å². The van der Waals surface area contributed by atoms with Crippen molar-refractivity contribution in [2.24, 2.45) is 5.92 Å². The molecule has 20 heavy (non-hydrogen) atoms. The molecule has 0 aliphatic carbocycles. The second-order valence-electron chi connectivity index (χ2n) is 5.32. The third kappa shape index (κ3) is 3.56. The molecule has 2 unspecified atom stereocenters. The van der Waals surface area contributed by atoms with Crippen molar-refractivity contribution < 1.29 is 14.7 Å². The topological polar surface area (TPSA) is 70.5 Å². The first kappa shape index (κ1) is 14.5. The van der Waals surface area contributed by atoms with Crippen LogP contribution in [0.25, 0.3) is 0 Å².